The topological polar surface area (TPSA) is 0 Å². The molecule has 0 bridgehead atoms. The summed E-state index contributed by atoms with van der Waals surface area (Å²) >= 11 is 0. The normalized spacial score (nSPS) is 13.8. The minimum Gasteiger partial charge on any atom is -0.0654 e. The Morgan fingerprint density at radius 3 is 2.12 bits per heavy atom. The van der Waals surface area contributed by atoms with Crippen LogP contribution in [-0.2, 0) is 6.42 Å². The van der Waals surface area contributed by atoms with E-state index in [9.17, 15) is 0 Å². The van der Waals surface area contributed by atoms with Gasteiger partial charge in [0.2, 0.25) is 0 Å². The smallest absolute Gasteiger partial charge is 0.0276 e. The summed E-state index contributed by atoms with van der Waals surface area (Å²) in [6.45, 7) is 9.41. The van der Waals surface area contributed by atoms with E-state index in [0.29, 0.717) is 5.41 Å². The molecule has 90 valence electrons. The summed E-state index contributed by atoms with van der Waals surface area (Å²) in [6.07, 6.45) is 5.21. The largest absolute Gasteiger partial charge is 0.0654 e. The molecule has 0 nitrogen and oxygen atoms in total. The zero-order valence-corrected chi connectivity index (χ0v) is 11.3. The lowest BCUT2D eigenvalue weighted by Crippen LogP contribution is -2.21. The number of hydrogen-bond donors (Lipinski definition) is 0. The highest BCUT2D eigenvalue weighted by molar-refractivity contribution is 5.14. The first-order chi connectivity index (χ1) is 7.54. The summed E-state index contributed by atoms with van der Waals surface area (Å²) in [5, 5.41) is 0. The lowest BCUT2D eigenvalue weighted by Gasteiger charge is -2.30. The molecule has 0 fully saturated rings. The molecular formula is C16H26. The van der Waals surface area contributed by atoms with Gasteiger partial charge in [-0.2, -0.15) is 0 Å². The van der Waals surface area contributed by atoms with E-state index >= 15 is 0 Å². The zero-order chi connectivity index (χ0) is 12.0. The van der Waals surface area contributed by atoms with Crippen LogP contribution in [0.5, 0.6) is 0 Å². The first kappa shape index (κ1) is 13.3. The van der Waals surface area contributed by atoms with Crippen LogP contribution in [0.15, 0.2) is 30.3 Å². The van der Waals surface area contributed by atoms with Gasteiger partial charge in [0.05, 0.1) is 0 Å². The summed E-state index contributed by atoms with van der Waals surface area (Å²) in [5.74, 6) is 0.845. The van der Waals surface area contributed by atoms with Crippen LogP contribution >= 0.6 is 0 Å². The Kier molecular flexibility index (Phi) is 5.05. The predicted molar refractivity (Wildman–Crippen MR) is 72.6 cm³/mol. The molecule has 0 radical (unpaired) electrons. The van der Waals surface area contributed by atoms with Gasteiger partial charge >= 0.3 is 0 Å². The maximum absolute atomic E-state index is 2.37. The fourth-order valence-corrected chi connectivity index (χ4v) is 2.34. The van der Waals surface area contributed by atoms with Gasteiger partial charge in [0.25, 0.3) is 0 Å². The molecule has 1 aromatic carbocycles. The number of hydrogen-bond acceptors (Lipinski definition) is 0. The Labute approximate surface area is 101 Å². The van der Waals surface area contributed by atoms with Gasteiger partial charge in [-0.3, -0.25) is 0 Å². The van der Waals surface area contributed by atoms with E-state index < -0.39 is 0 Å². The summed E-state index contributed by atoms with van der Waals surface area (Å²) in [6, 6.07) is 10.9. The second kappa shape index (κ2) is 6.08. The standard InChI is InChI=1S/C16H26/c1-5-9-15(16(2,3)4)13-12-14-10-7-6-8-11-14/h6-8,10-11,15H,5,9,12-13H2,1-4H3. The molecule has 1 unspecified atom stereocenters. The Morgan fingerprint density at radius 2 is 1.62 bits per heavy atom. The van der Waals surface area contributed by atoms with Crippen LogP contribution in [0, 0.1) is 11.3 Å². The van der Waals surface area contributed by atoms with Crippen LogP contribution in [0.4, 0.5) is 0 Å². The van der Waals surface area contributed by atoms with Gasteiger partial charge in [-0.15, -0.1) is 0 Å². The Morgan fingerprint density at radius 1 is 1.00 bits per heavy atom. The Balaban J connectivity index is 2.51. The van der Waals surface area contributed by atoms with Crippen molar-refractivity contribution in [1.82, 2.24) is 0 Å². The molecular weight excluding hydrogens is 192 g/mol. The minimum atomic E-state index is 0.449. The van der Waals surface area contributed by atoms with Crippen molar-refractivity contribution in [3.63, 3.8) is 0 Å². The van der Waals surface area contributed by atoms with Crippen LogP contribution in [0.25, 0.3) is 0 Å². The molecule has 1 aromatic rings. The molecule has 0 spiro atoms. The van der Waals surface area contributed by atoms with Crippen molar-refractivity contribution in [2.24, 2.45) is 11.3 Å². The highest BCUT2D eigenvalue weighted by Gasteiger charge is 2.23. The molecule has 1 rings (SSSR count). The van der Waals surface area contributed by atoms with Crippen molar-refractivity contribution in [2.75, 3.05) is 0 Å². The van der Waals surface area contributed by atoms with E-state index in [2.05, 4.69) is 58.0 Å². The van der Waals surface area contributed by atoms with Gasteiger partial charge in [-0.1, -0.05) is 70.9 Å². The van der Waals surface area contributed by atoms with Gasteiger partial charge in [0, 0.05) is 0 Å². The summed E-state index contributed by atoms with van der Waals surface area (Å²) in [4.78, 5) is 0. The van der Waals surface area contributed by atoms with Gasteiger partial charge in [0.1, 0.15) is 0 Å². The highest BCUT2D eigenvalue weighted by Crippen LogP contribution is 2.33. The van der Waals surface area contributed by atoms with Crippen LogP contribution in [0.1, 0.15) is 52.5 Å². The quantitative estimate of drug-likeness (QED) is 0.646. The fraction of sp³-hybridized carbons (Fsp3) is 0.625. The third-order valence-corrected chi connectivity index (χ3v) is 3.49. The summed E-state index contributed by atoms with van der Waals surface area (Å²) in [5.41, 5.74) is 1.93. The summed E-state index contributed by atoms with van der Waals surface area (Å²) < 4.78 is 0. The van der Waals surface area contributed by atoms with Crippen molar-refractivity contribution < 1.29 is 0 Å². The SMILES string of the molecule is CCCC(CCc1ccccc1)C(C)(C)C. The van der Waals surface area contributed by atoms with Gasteiger partial charge < -0.3 is 0 Å². The molecule has 0 aromatic heterocycles. The molecule has 0 saturated heterocycles. The highest BCUT2D eigenvalue weighted by atomic mass is 14.3. The van der Waals surface area contributed by atoms with E-state index in [-0.39, 0.29) is 0 Å². The van der Waals surface area contributed by atoms with E-state index in [4.69, 9.17) is 0 Å². The first-order valence-corrected chi connectivity index (χ1v) is 6.58. The monoisotopic (exact) mass is 218 g/mol. The average molecular weight is 218 g/mol. The maximum Gasteiger partial charge on any atom is -0.0276 e. The molecule has 0 aliphatic heterocycles. The van der Waals surface area contributed by atoms with E-state index in [1.165, 1.54) is 31.2 Å². The van der Waals surface area contributed by atoms with Gasteiger partial charge in [-0.05, 0) is 29.7 Å². The van der Waals surface area contributed by atoms with Crippen molar-refractivity contribution in [3.05, 3.63) is 35.9 Å². The van der Waals surface area contributed by atoms with Crippen LogP contribution < -0.4 is 0 Å². The molecule has 0 heteroatoms. The van der Waals surface area contributed by atoms with Crippen molar-refractivity contribution in [1.29, 1.82) is 0 Å². The maximum atomic E-state index is 2.37. The van der Waals surface area contributed by atoms with Crippen molar-refractivity contribution >= 4 is 0 Å². The molecule has 0 saturated carbocycles. The van der Waals surface area contributed by atoms with E-state index in [1.807, 2.05) is 0 Å². The summed E-state index contributed by atoms with van der Waals surface area (Å²) in [7, 11) is 0. The van der Waals surface area contributed by atoms with Crippen molar-refractivity contribution in [2.45, 2.75) is 53.4 Å². The van der Waals surface area contributed by atoms with Crippen molar-refractivity contribution in [3.8, 4) is 0 Å². The molecule has 0 heterocycles. The second-order valence-corrected chi connectivity index (χ2v) is 5.88. The molecule has 0 amide bonds. The zero-order valence-electron chi connectivity index (χ0n) is 11.3. The van der Waals surface area contributed by atoms with Gasteiger partial charge in [0.15, 0.2) is 0 Å². The average Bonchev–Trinajstić information content (AvgIpc) is 2.24. The van der Waals surface area contributed by atoms with Crippen LogP contribution in [-0.4, -0.2) is 0 Å². The second-order valence-electron chi connectivity index (χ2n) is 5.88. The molecule has 0 N–H and O–H groups in total. The number of aryl methyl sites for hydroxylation is 1. The fourth-order valence-electron chi connectivity index (χ4n) is 2.34. The molecule has 16 heavy (non-hydrogen) atoms. The molecule has 0 aliphatic rings. The minimum absolute atomic E-state index is 0.449. The van der Waals surface area contributed by atoms with E-state index in [1.54, 1.807) is 0 Å². The van der Waals surface area contributed by atoms with E-state index in [0.717, 1.165) is 5.92 Å². The van der Waals surface area contributed by atoms with Crippen LogP contribution in [0.2, 0.25) is 0 Å². The predicted octanol–water partition coefficient (Wildman–Crippen LogP) is 5.08. The lowest BCUT2D eigenvalue weighted by molar-refractivity contribution is 0.210. The van der Waals surface area contributed by atoms with Gasteiger partial charge in [-0.25, -0.2) is 0 Å². The Bertz CT molecular complexity index is 279. The third kappa shape index (κ3) is 4.38. The molecule has 1 atom stereocenters. The third-order valence-electron chi connectivity index (χ3n) is 3.49. The lowest BCUT2D eigenvalue weighted by atomic mass is 9.75. The molecule has 0 aliphatic carbocycles. The van der Waals surface area contributed by atoms with Crippen LogP contribution in [0.3, 0.4) is 0 Å². The number of rotatable bonds is 5. The first-order valence-electron chi connectivity index (χ1n) is 6.58. The number of benzene rings is 1. The Hall–Kier alpha value is -0.780.